The smallest absolute Gasteiger partial charge is 0.0788 e. The van der Waals surface area contributed by atoms with Gasteiger partial charge in [0.15, 0.2) is 0 Å². The molecule has 2 rings (SSSR count). The van der Waals surface area contributed by atoms with Crippen molar-refractivity contribution in [3.8, 4) is 0 Å². The van der Waals surface area contributed by atoms with Crippen LogP contribution in [-0.2, 0) is 0 Å². The van der Waals surface area contributed by atoms with Gasteiger partial charge >= 0.3 is 0 Å². The number of hydrogen-bond donors (Lipinski definition) is 0. The summed E-state index contributed by atoms with van der Waals surface area (Å²) in [6.07, 6.45) is 44.4. The number of halogens is 2. The summed E-state index contributed by atoms with van der Waals surface area (Å²) in [5.74, 6) is 0. The van der Waals surface area contributed by atoms with E-state index in [0.29, 0.717) is 0 Å². The average molecular weight is 751 g/mol. The third-order valence-corrected chi connectivity index (χ3v) is 11.5. The zero-order valence-corrected chi connectivity index (χ0v) is 33.7. The number of rotatable bonds is 31. The van der Waals surface area contributed by atoms with Crippen LogP contribution >= 0.6 is 0 Å². The Kier molecular flexibility index (Phi) is 31.8. The lowest BCUT2D eigenvalue weighted by Crippen LogP contribution is -3.00. The molecule has 0 aromatic rings. The molecule has 2 heterocycles. The van der Waals surface area contributed by atoms with Crippen molar-refractivity contribution in [1.29, 1.82) is 0 Å². The molecule has 0 amide bonds. The molecule has 2 nitrogen and oxygen atoms in total. The molecule has 0 saturated carbocycles. The standard InChI is InChI=1S/C40H82N2.2BrH/c1-3-5-7-9-11-13-15-17-21-25-33-41(37-29-30-38-41)35-27-23-19-20-24-28-36-42(39-31-32-40-42)34-26-22-18-16-14-12-10-8-6-4-2;;/h3-40H2,1-2H3;2*1H/q+2;;/p-2. The molecule has 2 aliphatic heterocycles. The monoisotopic (exact) mass is 748 g/mol. The summed E-state index contributed by atoms with van der Waals surface area (Å²) in [6, 6.07) is 0. The zero-order chi connectivity index (χ0) is 29.9. The summed E-state index contributed by atoms with van der Waals surface area (Å²) in [5, 5.41) is 0. The van der Waals surface area contributed by atoms with Crippen LogP contribution in [0, 0.1) is 0 Å². The molecular weight excluding hydrogens is 668 g/mol. The van der Waals surface area contributed by atoms with E-state index in [1.54, 1.807) is 0 Å². The summed E-state index contributed by atoms with van der Waals surface area (Å²) >= 11 is 0. The van der Waals surface area contributed by atoms with Gasteiger partial charge in [-0.05, 0) is 51.4 Å². The Morgan fingerprint density at radius 3 is 0.659 bits per heavy atom. The van der Waals surface area contributed by atoms with Crippen molar-refractivity contribution in [2.24, 2.45) is 0 Å². The van der Waals surface area contributed by atoms with Crippen LogP contribution in [-0.4, -0.2) is 61.3 Å². The summed E-state index contributed by atoms with van der Waals surface area (Å²) in [6.45, 7) is 16.6. The van der Waals surface area contributed by atoms with Crippen LogP contribution in [0.25, 0.3) is 0 Å². The number of quaternary nitrogens is 2. The van der Waals surface area contributed by atoms with Gasteiger partial charge in [0.2, 0.25) is 0 Å². The van der Waals surface area contributed by atoms with Crippen molar-refractivity contribution in [1.82, 2.24) is 0 Å². The fourth-order valence-electron chi connectivity index (χ4n) is 8.60. The van der Waals surface area contributed by atoms with Gasteiger partial charge in [-0.3, -0.25) is 0 Å². The molecule has 2 aliphatic rings. The maximum Gasteiger partial charge on any atom is 0.0788 e. The summed E-state index contributed by atoms with van der Waals surface area (Å²) in [7, 11) is 0. The van der Waals surface area contributed by atoms with E-state index in [4.69, 9.17) is 0 Å². The number of nitrogens with zero attached hydrogens (tertiary/aromatic N) is 2. The average Bonchev–Trinajstić information content (AvgIpc) is 3.67. The first-order valence-corrected chi connectivity index (χ1v) is 20.4. The Bertz CT molecular complexity index is 522. The molecule has 266 valence electrons. The van der Waals surface area contributed by atoms with E-state index in [1.165, 1.54) is 254 Å². The fraction of sp³-hybridized carbons (Fsp3) is 1.00. The predicted molar refractivity (Wildman–Crippen MR) is 189 cm³/mol. The van der Waals surface area contributed by atoms with Gasteiger partial charge in [-0.25, -0.2) is 0 Å². The second-order valence-corrected chi connectivity index (χ2v) is 15.4. The van der Waals surface area contributed by atoms with Gasteiger partial charge in [0.05, 0.1) is 52.4 Å². The molecule has 0 aromatic carbocycles. The number of unbranched alkanes of at least 4 members (excludes halogenated alkanes) is 23. The van der Waals surface area contributed by atoms with Gasteiger partial charge in [-0.2, -0.15) is 0 Å². The molecule has 0 unspecified atom stereocenters. The molecule has 0 N–H and O–H groups in total. The van der Waals surface area contributed by atoms with Crippen molar-refractivity contribution in [2.45, 2.75) is 206 Å². The molecule has 2 saturated heterocycles. The highest BCUT2D eigenvalue weighted by Gasteiger charge is 2.31. The van der Waals surface area contributed by atoms with Gasteiger partial charge in [0.1, 0.15) is 0 Å². The Hall–Kier alpha value is 0.880. The lowest BCUT2D eigenvalue weighted by Gasteiger charge is -2.35. The van der Waals surface area contributed by atoms with Gasteiger partial charge in [0.25, 0.3) is 0 Å². The Morgan fingerprint density at radius 2 is 0.455 bits per heavy atom. The lowest BCUT2D eigenvalue weighted by atomic mass is 10.1. The summed E-state index contributed by atoms with van der Waals surface area (Å²) in [5.41, 5.74) is 0. The first kappa shape index (κ1) is 44.9. The highest BCUT2D eigenvalue weighted by atomic mass is 79.9. The summed E-state index contributed by atoms with van der Waals surface area (Å²) in [4.78, 5) is 0. The first-order valence-electron chi connectivity index (χ1n) is 20.4. The van der Waals surface area contributed by atoms with Crippen LogP contribution in [0.3, 0.4) is 0 Å². The Morgan fingerprint density at radius 1 is 0.273 bits per heavy atom. The van der Waals surface area contributed by atoms with Gasteiger partial charge in [0, 0.05) is 25.7 Å². The molecule has 4 heteroatoms. The van der Waals surface area contributed by atoms with E-state index in [-0.39, 0.29) is 34.0 Å². The maximum atomic E-state index is 2.32. The number of likely N-dealkylation sites (tertiary alicyclic amines) is 2. The highest BCUT2D eigenvalue weighted by Crippen LogP contribution is 2.25. The van der Waals surface area contributed by atoms with E-state index in [9.17, 15) is 0 Å². The van der Waals surface area contributed by atoms with E-state index < -0.39 is 0 Å². The highest BCUT2D eigenvalue weighted by molar-refractivity contribution is 4.59. The quantitative estimate of drug-likeness (QED) is 0.0569. The minimum atomic E-state index is 0. The van der Waals surface area contributed by atoms with Crippen LogP contribution in [0.1, 0.15) is 206 Å². The van der Waals surface area contributed by atoms with Crippen LogP contribution in [0.15, 0.2) is 0 Å². The fourth-order valence-corrected chi connectivity index (χ4v) is 8.60. The molecule has 0 radical (unpaired) electrons. The number of hydrogen-bond acceptors (Lipinski definition) is 0. The topological polar surface area (TPSA) is 0 Å². The molecule has 44 heavy (non-hydrogen) atoms. The normalized spacial score (nSPS) is 17.0. The largest absolute Gasteiger partial charge is 1.00 e. The van der Waals surface area contributed by atoms with Crippen molar-refractivity contribution in [3.63, 3.8) is 0 Å². The van der Waals surface area contributed by atoms with E-state index in [0.717, 1.165) is 0 Å². The molecule has 2 fully saturated rings. The Balaban J connectivity index is 0.00000924. The van der Waals surface area contributed by atoms with Crippen LogP contribution < -0.4 is 34.0 Å². The van der Waals surface area contributed by atoms with Gasteiger partial charge in [-0.15, -0.1) is 0 Å². The van der Waals surface area contributed by atoms with E-state index >= 15 is 0 Å². The van der Waals surface area contributed by atoms with Crippen LogP contribution in [0.5, 0.6) is 0 Å². The van der Waals surface area contributed by atoms with E-state index in [1.807, 2.05) is 0 Å². The third kappa shape index (κ3) is 22.4. The van der Waals surface area contributed by atoms with Crippen LogP contribution in [0.4, 0.5) is 0 Å². The van der Waals surface area contributed by atoms with E-state index in [2.05, 4.69) is 13.8 Å². The third-order valence-electron chi connectivity index (χ3n) is 11.5. The lowest BCUT2D eigenvalue weighted by molar-refractivity contribution is -0.917. The minimum absolute atomic E-state index is 0. The van der Waals surface area contributed by atoms with Gasteiger partial charge in [-0.1, -0.05) is 129 Å². The summed E-state index contributed by atoms with van der Waals surface area (Å²) < 4.78 is 2.99. The molecule has 0 atom stereocenters. The SMILES string of the molecule is CCCCCCCCCCCC[N+]1(CCCCCCCC[N+]2(CCCCCCCCCCCC)CCCC2)CCCC1.[Br-].[Br-]. The second-order valence-electron chi connectivity index (χ2n) is 15.4. The van der Waals surface area contributed by atoms with Crippen molar-refractivity contribution < 1.29 is 42.9 Å². The molecule has 0 spiro atoms. The first-order chi connectivity index (χ1) is 20.7. The molecule has 0 bridgehead atoms. The van der Waals surface area contributed by atoms with Crippen molar-refractivity contribution >= 4 is 0 Å². The Labute approximate surface area is 300 Å². The second kappa shape index (κ2) is 31.2. The van der Waals surface area contributed by atoms with Crippen LogP contribution in [0.2, 0.25) is 0 Å². The van der Waals surface area contributed by atoms with Gasteiger partial charge < -0.3 is 42.9 Å². The molecular formula is C40H82Br2N2. The van der Waals surface area contributed by atoms with Crippen molar-refractivity contribution in [2.75, 3.05) is 52.4 Å². The predicted octanol–water partition coefficient (Wildman–Crippen LogP) is 6.40. The minimum Gasteiger partial charge on any atom is -1.00 e. The maximum absolute atomic E-state index is 2.32. The molecule has 0 aliphatic carbocycles. The zero-order valence-electron chi connectivity index (χ0n) is 30.5. The molecule has 0 aromatic heterocycles. The van der Waals surface area contributed by atoms with Crippen molar-refractivity contribution in [3.05, 3.63) is 0 Å².